The van der Waals surface area contributed by atoms with E-state index in [1.54, 1.807) is 4.99 Å². The first-order chi connectivity index (χ1) is 8.42. The number of hydrogen-bond acceptors (Lipinski definition) is 3. The SMILES string of the molecule is CC(C)(C)OC(=O)N1NC(=CBr)c2ccccc21. The van der Waals surface area contributed by atoms with E-state index in [0.29, 0.717) is 0 Å². The van der Waals surface area contributed by atoms with E-state index in [0.717, 1.165) is 16.9 Å². The van der Waals surface area contributed by atoms with Crippen molar-refractivity contribution in [2.45, 2.75) is 26.4 Å². The van der Waals surface area contributed by atoms with E-state index < -0.39 is 11.7 Å². The molecule has 1 aliphatic heterocycles. The minimum atomic E-state index is -0.519. The van der Waals surface area contributed by atoms with E-state index >= 15 is 0 Å². The first-order valence-electron chi connectivity index (χ1n) is 5.62. The van der Waals surface area contributed by atoms with Gasteiger partial charge in [0.25, 0.3) is 0 Å². The highest BCUT2D eigenvalue weighted by Gasteiger charge is 2.31. The molecule has 0 unspecified atom stereocenters. The maximum atomic E-state index is 12.1. The highest BCUT2D eigenvalue weighted by Crippen LogP contribution is 2.33. The predicted octanol–water partition coefficient (Wildman–Crippen LogP) is 3.64. The number of para-hydroxylation sites is 1. The molecule has 96 valence electrons. The lowest BCUT2D eigenvalue weighted by Gasteiger charge is -2.24. The van der Waals surface area contributed by atoms with E-state index in [1.165, 1.54) is 5.01 Å². The van der Waals surface area contributed by atoms with Gasteiger partial charge in [-0.2, -0.15) is 5.01 Å². The molecule has 5 heteroatoms. The largest absolute Gasteiger partial charge is 0.442 e. The Morgan fingerprint density at radius 1 is 1.39 bits per heavy atom. The predicted molar refractivity (Wildman–Crippen MR) is 75.2 cm³/mol. The van der Waals surface area contributed by atoms with Crippen molar-refractivity contribution in [1.82, 2.24) is 5.43 Å². The van der Waals surface area contributed by atoms with Crippen LogP contribution in [0.5, 0.6) is 0 Å². The van der Waals surface area contributed by atoms with Crippen LogP contribution >= 0.6 is 15.9 Å². The van der Waals surface area contributed by atoms with E-state index in [9.17, 15) is 4.79 Å². The molecule has 0 radical (unpaired) electrons. The van der Waals surface area contributed by atoms with Gasteiger partial charge in [0.05, 0.1) is 11.4 Å². The molecule has 0 saturated heterocycles. The number of nitrogens with zero attached hydrogens (tertiary/aromatic N) is 1. The van der Waals surface area contributed by atoms with Gasteiger partial charge in [0, 0.05) is 10.5 Å². The lowest BCUT2D eigenvalue weighted by atomic mass is 10.1. The number of halogens is 1. The van der Waals surface area contributed by atoms with Crippen molar-refractivity contribution in [3.63, 3.8) is 0 Å². The van der Waals surface area contributed by atoms with Crippen molar-refractivity contribution < 1.29 is 9.53 Å². The van der Waals surface area contributed by atoms with E-state index in [-0.39, 0.29) is 0 Å². The van der Waals surface area contributed by atoms with Gasteiger partial charge in [0.1, 0.15) is 5.60 Å². The number of carbonyl (C=O) groups excluding carboxylic acids is 1. The normalized spacial score (nSPS) is 16.4. The lowest BCUT2D eigenvalue weighted by Crippen LogP contribution is -2.41. The maximum Gasteiger partial charge on any atom is 0.433 e. The van der Waals surface area contributed by atoms with Crippen LogP contribution in [0.25, 0.3) is 5.70 Å². The van der Waals surface area contributed by atoms with Crippen molar-refractivity contribution in [2.24, 2.45) is 0 Å². The summed E-state index contributed by atoms with van der Waals surface area (Å²) in [5, 5.41) is 1.41. The first-order valence-corrected chi connectivity index (χ1v) is 6.53. The average molecular weight is 311 g/mol. The Kier molecular flexibility index (Phi) is 3.34. The smallest absolute Gasteiger partial charge is 0.433 e. The summed E-state index contributed by atoms with van der Waals surface area (Å²) in [5.41, 5.74) is 5.06. The van der Waals surface area contributed by atoms with Gasteiger partial charge < -0.3 is 4.74 Å². The molecule has 0 saturated carbocycles. The van der Waals surface area contributed by atoms with Crippen molar-refractivity contribution in [3.8, 4) is 0 Å². The zero-order chi connectivity index (χ0) is 13.3. The second kappa shape index (κ2) is 4.65. The number of hydrazine groups is 1. The van der Waals surface area contributed by atoms with Crippen LogP contribution in [0.4, 0.5) is 10.5 Å². The van der Waals surface area contributed by atoms with Gasteiger partial charge in [-0.15, -0.1) is 0 Å². The zero-order valence-electron chi connectivity index (χ0n) is 10.5. The molecule has 1 amide bonds. The molecule has 1 aliphatic rings. The number of anilines is 1. The van der Waals surface area contributed by atoms with Crippen LogP contribution < -0.4 is 10.4 Å². The number of hydrogen-bond donors (Lipinski definition) is 1. The Hall–Kier alpha value is -1.49. The number of carbonyl (C=O) groups is 1. The Bertz CT molecular complexity index is 506. The minimum absolute atomic E-state index is 0.417. The van der Waals surface area contributed by atoms with Crippen molar-refractivity contribution >= 4 is 33.4 Å². The van der Waals surface area contributed by atoms with Crippen LogP contribution in [0, 0.1) is 0 Å². The number of fused-ring (bicyclic) bond motifs is 1. The molecule has 0 aromatic heterocycles. The van der Waals surface area contributed by atoms with Gasteiger partial charge in [0.2, 0.25) is 0 Å². The Morgan fingerprint density at radius 2 is 2.06 bits per heavy atom. The molecule has 0 spiro atoms. The topological polar surface area (TPSA) is 41.6 Å². The summed E-state index contributed by atoms with van der Waals surface area (Å²) in [4.78, 5) is 13.8. The Morgan fingerprint density at radius 3 is 2.67 bits per heavy atom. The van der Waals surface area contributed by atoms with Crippen molar-refractivity contribution in [1.29, 1.82) is 0 Å². The summed E-state index contributed by atoms with van der Waals surface area (Å²) in [5.74, 6) is 0. The van der Waals surface area contributed by atoms with Gasteiger partial charge in [-0.05, 0) is 26.8 Å². The van der Waals surface area contributed by atoms with Gasteiger partial charge in [-0.3, -0.25) is 5.43 Å². The van der Waals surface area contributed by atoms with Gasteiger partial charge >= 0.3 is 6.09 Å². The van der Waals surface area contributed by atoms with Crippen LogP contribution in [0.3, 0.4) is 0 Å². The van der Waals surface area contributed by atoms with Crippen LogP contribution in [0.1, 0.15) is 26.3 Å². The summed E-state index contributed by atoms with van der Waals surface area (Å²) in [6, 6.07) is 7.63. The Labute approximate surface area is 115 Å². The van der Waals surface area contributed by atoms with E-state index in [2.05, 4.69) is 21.4 Å². The summed E-state index contributed by atoms with van der Waals surface area (Å²) in [7, 11) is 0. The van der Waals surface area contributed by atoms with Gasteiger partial charge in [-0.1, -0.05) is 34.1 Å². The molecule has 1 aromatic carbocycles. The summed E-state index contributed by atoms with van der Waals surface area (Å²) in [6.07, 6.45) is -0.417. The lowest BCUT2D eigenvalue weighted by molar-refractivity contribution is 0.0572. The van der Waals surface area contributed by atoms with Crippen LogP contribution in [-0.4, -0.2) is 11.7 Å². The number of nitrogens with one attached hydrogen (secondary N) is 1. The maximum absolute atomic E-state index is 12.1. The Balaban J connectivity index is 2.30. The van der Waals surface area contributed by atoms with Crippen molar-refractivity contribution in [2.75, 3.05) is 5.01 Å². The third-order valence-corrected chi connectivity index (χ3v) is 2.81. The minimum Gasteiger partial charge on any atom is -0.442 e. The number of ether oxygens (including phenoxy) is 1. The molecule has 2 rings (SSSR count). The summed E-state index contributed by atoms with van der Waals surface area (Å²) < 4.78 is 5.35. The molecule has 0 bridgehead atoms. The molecule has 0 aliphatic carbocycles. The highest BCUT2D eigenvalue weighted by molar-refractivity contribution is 9.11. The third kappa shape index (κ3) is 2.51. The van der Waals surface area contributed by atoms with Crippen molar-refractivity contribution in [3.05, 3.63) is 34.8 Å². The second-order valence-corrected chi connectivity index (χ2v) is 5.43. The van der Waals surface area contributed by atoms with E-state index in [4.69, 9.17) is 4.74 Å². The second-order valence-electron chi connectivity index (χ2n) is 4.97. The summed E-state index contributed by atoms with van der Waals surface area (Å²) in [6.45, 7) is 5.52. The van der Waals surface area contributed by atoms with E-state index in [1.807, 2.05) is 45.0 Å². The molecule has 1 heterocycles. The summed E-state index contributed by atoms with van der Waals surface area (Å²) >= 11 is 3.28. The van der Waals surface area contributed by atoms with Gasteiger partial charge in [-0.25, -0.2) is 4.79 Å². The first kappa shape index (κ1) is 13.0. The quantitative estimate of drug-likeness (QED) is 0.795. The number of amides is 1. The average Bonchev–Trinajstić information content (AvgIpc) is 2.65. The van der Waals surface area contributed by atoms with Crippen LogP contribution in [0.2, 0.25) is 0 Å². The standard InChI is InChI=1S/C13H15BrN2O2/c1-13(2,3)18-12(17)16-11-7-5-4-6-9(11)10(8-14)15-16/h4-8,15H,1-3H3. The zero-order valence-corrected chi connectivity index (χ0v) is 12.1. The number of benzene rings is 1. The molecule has 1 N–H and O–H groups in total. The highest BCUT2D eigenvalue weighted by atomic mass is 79.9. The van der Waals surface area contributed by atoms with Crippen LogP contribution in [-0.2, 0) is 4.74 Å². The molecule has 1 aromatic rings. The molecule has 18 heavy (non-hydrogen) atoms. The molecule has 0 atom stereocenters. The molecular weight excluding hydrogens is 296 g/mol. The monoisotopic (exact) mass is 310 g/mol. The van der Waals surface area contributed by atoms with Crippen LogP contribution in [0.15, 0.2) is 29.3 Å². The fourth-order valence-electron chi connectivity index (χ4n) is 1.67. The fraction of sp³-hybridized carbons (Fsp3) is 0.308. The third-order valence-electron chi connectivity index (χ3n) is 2.35. The molecule has 0 fully saturated rings. The molecule has 4 nitrogen and oxygen atoms in total. The fourth-order valence-corrected chi connectivity index (χ4v) is 2.02. The molecular formula is C13H15BrN2O2. The van der Waals surface area contributed by atoms with Gasteiger partial charge in [0.15, 0.2) is 0 Å². The number of rotatable bonds is 0.